The second-order valence-electron chi connectivity index (χ2n) is 9.21. The number of aliphatic hydroxyl groups excluding tert-OH is 2. The molecule has 222 valence electrons. The van der Waals surface area contributed by atoms with Gasteiger partial charge in [-0.2, -0.15) is 0 Å². The van der Waals surface area contributed by atoms with Gasteiger partial charge in [0, 0.05) is 24.7 Å². The molecular formula is C25H26ClF3N4O7S. The Morgan fingerprint density at radius 3 is 2.46 bits per heavy atom. The highest BCUT2D eigenvalue weighted by molar-refractivity contribution is 7.91. The minimum Gasteiger partial charge on any atom is -0.394 e. The molecule has 4 rings (SSSR count). The predicted molar refractivity (Wildman–Crippen MR) is 140 cm³/mol. The Hall–Kier alpha value is -3.08. The molecule has 2 heterocycles. The van der Waals surface area contributed by atoms with Crippen molar-refractivity contribution >= 4 is 33.0 Å². The van der Waals surface area contributed by atoms with E-state index in [-0.39, 0.29) is 32.6 Å². The zero-order valence-electron chi connectivity index (χ0n) is 21.9. The molecule has 0 radical (unpaired) electrons. The van der Waals surface area contributed by atoms with Crippen molar-refractivity contribution in [1.29, 1.82) is 0 Å². The minimum absolute atomic E-state index is 0.0329. The first kappa shape index (κ1) is 30.9. The third kappa shape index (κ3) is 5.82. The predicted octanol–water partition coefficient (Wildman–Crippen LogP) is 2.15. The van der Waals surface area contributed by atoms with Crippen molar-refractivity contribution in [3.05, 3.63) is 59.0 Å². The van der Waals surface area contributed by atoms with Gasteiger partial charge in [0.25, 0.3) is 5.91 Å². The second kappa shape index (κ2) is 12.0. The Labute approximate surface area is 238 Å². The number of anilines is 1. The van der Waals surface area contributed by atoms with Crippen LogP contribution in [0.1, 0.15) is 13.0 Å². The molecule has 1 aliphatic rings. The average molecular weight is 619 g/mol. The Kier molecular flexibility index (Phi) is 9.06. The molecule has 0 bridgehead atoms. The number of hydrogen-bond acceptors (Lipinski definition) is 9. The summed E-state index contributed by atoms with van der Waals surface area (Å²) in [6.07, 6.45) is -4.46. The summed E-state index contributed by atoms with van der Waals surface area (Å²) >= 11 is 6.11. The van der Waals surface area contributed by atoms with Crippen LogP contribution < -0.4 is 4.90 Å². The molecule has 0 unspecified atom stereocenters. The fourth-order valence-electron chi connectivity index (χ4n) is 4.60. The molecule has 1 aliphatic heterocycles. The number of ether oxygens (including phenoxy) is 2. The quantitative estimate of drug-likeness (QED) is 0.363. The summed E-state index contributed by atoms with van der Waals surface area (Å²) < 4.78 is 78.8. The van der Waals surface area contributed by atoms with E-state index in [0.717, 1.165) is 9.58 Å². The second-order valence-corrected chi connectivity index (χ2v) is 11.9. The number of halogens is 4. The lowest BCUT2D eigenvalue weighted by Gasteiger charge is -2.43. The maximum atomic E-state index is 13.8. The first-order chi connectivity index (χ1) is 19.3. The van der Waals surface area contributed by atoms with E-state index in [9.17, 15) is 36.6 Å². The van der Waals surface area contributed by atoms with Crippen LogP contribution >= 0.6 is 11.6 Å². The Morgan fingerprint density at radius 2 is 1.88 bits per heavy atom. The molecule has 1 saturated heterocycles. The van der Waals surface area contributed by atoms with Gasteiger partial charge in [0.05, 0.1) is 29.1 Å². The number of carbonyl (C=O) groups is 1. The number of hydrogen-bond donors (Lipinski definition) is 2. The van der Waals surface area contributed by atoms with Crippen molar-refractivity contribution in [1.82, 2.24) is 15.0 Å². The molecule has 41 heavy (non-hydrogen) atoms. The molecule has 1 fully saturated rings. The van der Waals surface area contributed by atoms with Crippen molar-refractivity contribution in [2.24, 2.45) is 0 Å². The highest BCUT2D eigenvalue weighted by atomic mass is 35.5. The van der Waals surface area contributed by atoms with Crippen LogP contribution in [0.25, 0.3) is 11.3 Å². The highest BCUT2D eigenvalue weighted by Crippen LogP contribution is 2.36. The van der Waals surface area contributed by atoms with Crippen LogP contribution in [0.5, 0.6) is 0 Å². The van der Waals surface area contributed by atoms with Crippen LogP contribution in [-0.2, 0) is 24.1 Å². The van der Waals surface area contributed by atoms with E-state index in [0.29, 0.717) is 12.1 Å². The van der Waals surface area contributed by atoms with Crippen molar-refractivity contribution in [3.8, 4) is 11.3 Å². The largest absolute Gasteiger partial charge is 0.394 e. The number of aliphatic hydroxyl groups is 2. The van der Waals surface area contributed by atoms with Crippen LogP contribution in [0.4, 0.5) is 18.9 Å². The Morgan fingerprint density at radius 1 is 1.22 bits per heavy atom. The molecule has 2 aromatic carbocycles. The summed E-state index contributed by atoms with van der Waals surface area (Å²) in [5.74, 6) is -5.61. The van der Waals surface area contributed by atoms with Crippen LogP contribution in [0.3, 0.4) is 0 Å². The number of carbonyl (C=O) groups excluding carboxylic acids is 1. The number of sulfone groups is 1. The molecule has 5 atom stereocenters. The molecule has 11 nitrogen and oxygen atoms in total. The summed E-state index contributed by atoms with van der Waals surface area (Å²) in [6.45, 7) is 0.712. The van der Waals surface area contributed by atoms with E-state index < -0.39 is 70.3 Å². The van der Waals surface area contributed by atoms with Crippen LogP contribution in [0, 0.1) is 17.5 Å². The number of rotatable bonds is 8. The lowest BCUT2D eigenvalue weighted by molar-refractivity contribution is -0.211. The van der Waals surface area contributed by atoms with Gasteiger partial charge in [-0.15, -0.1) is 5.10 Å². The molecule has 16 heteroatoms. The standard InChI is InChI=1S/C25H26ClF3N4O7S/c1-4-41(37,38)19-6-5-13(26)9-17(19)32(2)25(36)24-23(39-3)21(22(35)18(11-34)40-24)33-10-16(30-31-33)12-7-14(27)20(29)15(28)8-12/h5-10,18,21-24,34-35H,4,11H2,1-3H3/t18-,21+,22+,23-,24-/m1/s1. The highest BCUT2D eigenvalue weighted by Gasteiger charge is 2.50. The lowest BCUT2D eigenvalue weighted by atomic mass is 9.91. The summed E-state index contributed by atoms with van der Waals surface area (Å²) in [7, 11) is -1.26. The van der Waals surface area contributed by atoms with E-state index in [1.807, 2.05) is 0 Å². The van der Waals surface area contributed by atoms with Gasteiger partial charge in [-0.1, -0.05) is 23.7 Å². The number of amides is 1. The zero-order valence-corrected chi connectivity index (χ0v) is 23.5. The number of nitrogens with zero attached hydrogens (tertiary/aromatic N) is 4. The topological polar surface area (TPSA) is 144 Å². The number of benzene rings is 2. The number of aromatic nitrogens is 3. The van der Waals surface area contributed by atoms with Gasteiger partial charge in [-0.3, -0.25) is 4.79 Å². The third-order valence-corrected chi connectivity index (χ3v) is 8.82. The maximum absolute atomic E-state index is 13.8. The fraction of sp³-hybridized carbons (Fsp3) is 0.400. The van der Waals surface area contributed by atoms with E-state index in [1.165, 1.54) is 45.5 Å². The van der Waals surface area contributed by atoms with E-state index >= 15 is 0 Å². The normalized spacial score (nSPS) is 23.0. The van der Waals surface area contributed by atoms with Gasteiger partial charge in [0.2, 0.25) is 0 Å². The van der Waals surface area contributed by atoms with Gasteiger partial charge >= 0.3 is 0 Å². The fourth-order valence-corrected chi connectivity index (χ4v) is 5.87. The Balaban J connectivity index is 1.73. The summed E-state index contributed by atoms with van der Waals surface area (Å²) in [6, 6.07) is 4.14. The third-order valence-electron chi connectivity index (χ3n) is 6.81. The van der Waals surface area contributed by atoms with E-state index in [4.69, 9.17) is 21.1 Å². The van der Waals surface area contributed by atoms with Crippen molar-refractivity contribution < 1.29 is 46.1 Å². The molecule has 1 amide bonds. The molecule has 0 aliphatic carbocycles. The zero-order chi connectivity index (χ0) is 30.2. The van der Waals surface area contributed by atoms with Crippen LogP contribution in [0.2, 0.25) is 5.02 Å². The van der Waals surface area contributed by atoms with E-state index in [1.54, 1.807) is 0 Å². The van der Waals surface area contributed by atoms with Gasteiger partial charge in [-0.05, 0) is 30.3 Å². The molecule has 0 saturated carbocycles. The molecule has 3 aromatic rings. The number of likely N-dealkylation sites (N-methyl/N-ethyl adjacent to an activating group) is 1. The molecule has 1 aromatic heterocycles. The van der Waals surface area contributed by atoms with Crippen molar-refractivity contribution in [2.75, 3.05) is 31.4 Å². The monoisotopic (exact) mass is 618 g/mol. The summed E-state index contributed by atoms with van der Waals surface area (Å²) in [5, 5.41) is 28.9. The molecule has 2 N–H and O–H groups in total. The summed E-state index contributed by atoms with van der Waals surface area (Å²) in [4.78, 5) is 14.6. The summed E-state index contributed by atoms with van der Waals surface area (Å²) in [5.41, 5.74) is -0.278. The molecule has 0 spiro atoms. The SMILES string of the molecule is CCS(=O)(=O)c1ccc(Cl)cc1N(C)C(=O)[C@@H]1O[C@H](CO)[C@H](O)[C@H](n2cc(-c3cc(F)c(F)c(F)c3)nn2)[C@H]1OC. The van der Waals surface area contributed by atoms with Crippen LogP contribution in [0.15, 0.2) is 41.4 Å². The smallest absolute Gasteiger partial charge is 0.258 e. The first-order valence-corrected chi connectivity index (χ1v) is 14.2. The van der Waals surface area contributed by atoms with Crippen molar-refractivity contribution in [3.63, 3.8) is 0 Å². The van der Waals surface area contributed by atoms with Gasteiger partial charge in [-0.25, -0.2) is 26.3 Å². The first-order valence-electron chi connectivity index (χ1n) is 12.2. The average Bonchev–Trinajstić information content (AvgIpc) is 3.44. The van der Waals surface area contributed by atoms with Crippen LogP contribution in [-0.4, -0.2) is 90.5 Å². The maximum Gasteiger partial charge on any atom is 0.258 e. The minimum atomic E-state index is -3.79. The van der Waals surface area contributed by atoms with E-state index in [2.05, 4.69) is 10.3 Å². The van der Waals surface area contributed by atoms with Gasteiger partial charge in [0.15, 0.2) is 33.4 Å². The number of methoxy groups -OCH3 is 1. The Bertz CT molecular complexity index is 1530. The van der Waals surface area contributed by atoms with Crippen molar-refractivity contribution in [2.45, 2.75) is 42.3 Å². The van der Waals surface area contributed by atoms with Gasteiger partial charge in [0.1, 0.15) is 30.0 Å². The lowest BCUT2D eigenvalue weighted by Crippen LogP contribution is -2.61. The van der Waals surface area contributed by atoms with Gasteiger partial charge < -0.3 is 24.6 Å². The molecular weight excluding hydrogens is 593 g/mol.